The predicted octanol–water partition coefficient (Wildman–Crippen LogP) is 2.78. The highest BCUT2D eigenvalue weighted by Gasteiger charge is 2.24. The lowest BCUT2D eigenvalue weighted by molar-refractivity contribution is -0.127. The second kappa shape index (κ2) is 9.56. The maximum absolute atomic E-state index is 13.1. The van der Waals surface area contributed by atoms with Crippen LogP contribution in [0.3, 0.4) is 0 Å². The molecule has 30 heavy (non-hydrogen) atoms. The molecule has 0 radical (unpaired) electrons. The summed E-state index contributed by atoms with van der Waals surface area (Å²) < 4.78 is 17.7. The SMILES string of the molecule is COC(=O)c1ccc(N/C=C(/C#N)C(=O)N2CCN(c3ccc(F)cc3)CC2)cc1. The number of amides is 1. The molecule has 1 fully saturated rings. The summed E-state index contributed by atoms with van der Waals surface area (Å²) in [6.45, 7) is 2.11. The van der Waals surface area contributed by atoms with Crippen molar-refractivity contribution in [1.29, 1.82) is 5.26 Å². The molecule has 0 aliphatic carbocycles. The lowest BCUT2D eigenvalue weighted by Crippen LogP contribution is -2.49. The fourth-order valence-electron chi connectivity index (χ4n) is 3.11. The van der Waals surface area contributed by atoms with E-state index in [1.54, 1.807) is 41.3 Å². The molecule has 7 nitrogen and oxygen atoms in total. The number of carbonyl (C=O) groups is 2. The molecule has 1 heterocycles. The highest BCUT2D eigenvalue weighted by molar-refractivity contribution is 5.97. The van der Waals surface area contributed by atoms with Crippen molar-refractivity contribution in [2.45, 2.75) is 0 Å². The lowest BCUT2D eigenvalue weighted by Gasteiger charge is -2.36. The molecule has 2 aromatic rings. The molecule has 1 saturated heterocycles. The van der Waals surface area contributed by atoms with E-state index in [-0.39, 0.29) is 17.3 Å². The number of benzene rings is 2. The Labute approximate surface area is 174 Å². The molecule has 1 amide bonds. The molecule has 2 aromatic carbocycles. The van der Waals surface area contributed by atoms with Crippen molar-refractivity contribution >= 4 is 23.3 Å². The Kier molecular flexibility index (Phi) is 6.65. The van der Waals surface area contributed by atoms with Crippen LogP contribution in [0, 0.1) is 17.1 Å². The third kappa shape index (κ3) is 4.94. The van der Waals surface area contributed by atoms with Crippen LogP contribution in [0.1, 0.15) is 10.4 Å². The van der Waals surface area contributed by atoms with Gasteiger partial charge in [-0.25, -0.2) is 9.18 Å². The van der Waals surface area contributed by atoms with Crippen molar-refractivity contribution in [2.75, 3.05) is 43.5 Å². The van der Waals surface area contributed by atoms with Gasteiger partial charge in [-0.05, 0) is 48.5 Å². The van der Waals surface area contributed by atoms with Crippen molar-refractivity contribution in [3.8, 4) is 6.07 Å². The minimum absolute atomic E-state index is 0.0118. The summed E-state index contributed by atoms with van der Waals surface area (Å²) in [6, 6.07) is 14.7. The monoisotopic (exact) mass is 408 g/mol. The van der Waals surface area contributed by atoms with E-state index in [2.05, 4.69) is 15.0 Å². The van der Waals surface area contributed by atoms with Gasteiger partial charge in [-0.1, -0.05) is 0 Å². The van der Waals surface area contributed by atoms with Crippen molar-refractivity contribution in [1.82, 2.24) is 4.90 Å². The lowest BCUT2D eigenvalue weighted by atomic mass is 10.2. The van der Waals surface area contributed by atoms with Gasteiger partial charge in [-0.15, -0.1) is 0 Å². The smallest absolute Gasteiger partial charge is 0.337 e. The summed E-state index contributed by atoms with van der Waals surface area (Å²) in [5.41, 5.74) is 1.92. The number of rotatable bonds is 5. The molecular weight excluding hydrogens is 387 g/mol. The maximum Gasteiger partial charge on any atom is 0.337 e. The van der Waals surface area contributed by atoms with Gasteiger partial charge >= 0.3 is 5.97 Å². The fourth-order valence-corrected chi connectivity index (χ4v) is 3.11. The largest absolute Gasteiger partial charge is 0.465 e. The number of anilines is 2. The van der Waals surface area contributed by atoms with Crippen LogP contribution >= 0.6 is 0 Å². The highest BCUT2D eigenvalue weighted by Crippen LogP contribution is 2.18. The standard InChI is InChI=1S/C22H21FN4O3/c1-30-22(29)16-2-6-19(7-3-16)25-15-17(14-24)21(28)27-12-10-26(11-13-27)20-8-4-18(23)5-9-20/h2-9,15,25H,10-13H2,1H3/b17-15-. The molecule has 0 bridgehead atoms. The first kappa shape index (κ1) is 20.9. The van der Waals surface area contributed by atoms with E-state index >= 15 is 0 Å². The van der Waals surface area contributed by atoms with Gasteiger partial charge in [0, 0.05) is 43.8 Å². The molecule has 8 heteroatoms. The molecule has 154 valence electrons. The molecule has 1 aliphatic rings. The van der Waals surface area contributed by atoms with E-state index < -0.39 is 5.97 Å². The Morgan fingerprint density at radius 2 is 1.70 bits per heavy atom. The second-order valence-electron chi connectivity index (χ2n) is 6.64. The minimum atomic E-state index is -0.440. The number of nitriles is 1. The quantitative estimate of drug-likeness (QED) is 0.465. The minimum Gasteiger partial charge on any atom is -0.465 e. The Bertz CT molecular complexity index is 973. The first-order valence-corrected chi connectivity index (χ1v) is 9.37. The summed E-state index contributed by atoms with van der Waals surface area (Å²) >= 11 is 0. The fraction of sp³-hybridized carbons (Fsp3) is 0.227. The van der Waals surface area contributed by atoms with Crippen LogP contribution in [-0.4, -0.2) is 50.1 Å². The molecule has 1 N–H and O–H groups in total. The zero-order valence-electron chi connectivity index (χ0n) is 16.5. The Morgan fingerprint density at radius 1 is 1.07 bits per heavy atom. The average molecular weight is 408 g/mol. The number of ether oxygens (including phenoxy) is 1. The molecule has 0 atom stereocenters. The van der Waals surface area contributed by atoms with E-state index in [0.717, 1.165) is 5.69 Å². The van der Waals surface area contributed by atoms with Gasteiger partial charge in [0.1, 0.15) is 17.5 Å². The van der Waals surface area contributed by atoms with Crippen molar-refractivity contribution in [3.63, 3.8) is 0 Å². The summed E-state index contributed by atoms with van der Waals surface area (Å²) in [5, 5.41) is 12.3. The van der Waals surface area contributed by atoms with Crippen LogP contribution in [-0.2, 0) is 9.53 Å². The van der Waals surface area contributed by atoms with Crippen LogP contribution in [0.5, 0.6) is 0 Å². The summed E-state index contributed by atoms with van der Waals surface area (Å²) in [5.74, 6) is -1.08. The van der Waals surface area contributed by atoms with Crippen molar-refractivity contribution in [3.05, 3.63) is 71.7 Å². The molecule has 3 rings (SSSR count). The molecular formula is C22H21FN4O3. The van der Waals surface area contributed by atoms with Crippen LogP contribution in [0.2, 0.25) is 0 Å². The van der Waals surface area contributed by atoms with Gasteiger partial charge in [-0.2, -0.15) is 5.26 Å². The number of hydrogen-bond acceptors (Lipinski definition) is 6. The Balaban J connectivity index is 1.59. The normalized spacial score (nSPS) is 14.1. The molecule has 0 aromatic heterocycles. The number of nitrogens with one attached hydrogen (secondary N) is 1. The van der Waals surface area contributed by atoms with Crippen LogP contribution in [0.4, 0.5) is 15.8 Å². The number of methoxy groups -OCH3 is 1. The van der Waals surface area contributed by atoms with E-state index in [4.69, 9.17) is 0 Å². The first-order valence-electron chi connectivity index (χ1n) is 9.37. The summed E-state index contributed by atoms with van der Waals surface area (Å²) in [4.78, 5) is 27.8. The summed E-state index contributed by atoms with van der Waals surface area (Å²) in [7, 11) is 1.31. The van der Waals surface area contributed by atoms with Gasteiger partial charge in [0.15, 0.2) is 0 Å². The maximum atomic E-state index is 13.1. The van der Waals surface area contributed by atoms with Gasteiger partial charge in [-0.3, -0.25) is 4.79 Å². The van der Waals surface area contributed by atoms with E-state index in [9.17, 15) is 19.2 Å². The number of carbonyl (C=O) groups excluding carboxylic acids is 2. The van der Waals surface area contributed by atoms with Gasteiger partial charge in [0.25, 0.3) is 5.91 Å². The first-order chi connectivity index (χ1) is 14.5. The molecule has 0 saturated carbocycles. The topological polar surface area (TPSA) is 85.7 Å². The van der Waals surface area contributed by atoms with Gasteiger partial charge < -0.3 is 19.9 Å². The molecule has 0 unspecified atom stereocenters. The number of nitrogens with zero attached hydrogens (tertiary/aromatic N) is 3. The zero-order chi connectivity index (χ0) is 21.5. The predicted molar refractivity (Wildman–Crippen MR) is 110 cm³/mol. The van der Waals surface area contributed by atoms with E-state index in [0.29, 0.717) is 37.4 Å². The van der Waals surface area contributed by atoms with Crippen LogP contribution in [0.15, 0.2) is 60.3 Å². The molecule has 0 spiro atoms. The van der Waals surface area contributed by atoms with Crippen molar-refractivity contribution in [2.24, 2.45) is 0 Å². The number of halogens is 1. The second-order valence-corrected chi connectivity index (χ2v) is 6.64. The Hall–Kier alpha value is -3.86. The number of piperazine rings is 1. The summed E-state index contributed by atoms with van der Waals surface area (Å²) in [6.07, 6.45) is 1.36. The van der Waals surface area contributed by atoms with Crippen molar-refractivity contribution < 1.29 is 18.7 Å². The third-order valence-electron chi connectivity index (χ3n) is 4.80. The Morgan fingerprint density at radius 3 is 2.27 bits per heavy atom. The average Bonchev–Trinajstić information content (AvgIpc) is 2.80. The highest BCUT2D eigenvalue weighted by atomic mass is 19.1. The van der Waals surface area contributed by atoms with Gasteiger partial charge in [0.2, 0.25) is 0 Å². The number of esters is 1. The van der Waals surface area contributed by atoms with Gasteiger partial charge in [0.05, 0.1) is 12.7 Å². The van der Waals surface area contributed by atoms with Crippen LogP contribution < -0.4 is 10.2 Å². The van der Waals surface area contributed by atoms with Crippen LogP contribution in [0.25, 0.3) is 0 Å². The number of hydrogen-bond donors (Lipinski definition) is 1. The van der Waals surface area contributed by atoms with E-state index in [1.807, 2.05) is 6.07 Å². The molecule has 1 aliphatic heterocycles. The third-order valence-corrected chi connectivity index (χ3v) is 4.80. The van der Waals surface area contributed by atoms with E-state index in [1.165, 1.54) is 25.4 Å². The zero-order valence-corrected chi connectivity index (χ0v) is 16.5.